The molecule has 6 nitrogen and oxygen atoms in total. The highest BCUT2D eigenvalue weighted by Crippen LogP contribution is 2.29. The third-order valence-corrected chi connectivity index (χ3v) is 4.90. The maximum absolute atomic E-state index is 12.9. The van der Waals surface area contributed by atoms with Gasteiger partial charge in [-0.1, -0.05) is 13.0 Å². The first-order chi connectivity index (χ1) is 14.1. The summed E-state index contributed by atoms with van der Waals surface area (Å²) >= 11 is 0. The smallest absolute Gasteiger partial charge is 0.416 e. The van der Waals surface area contributed by atoms with E-state index in [-0.39, 0.29) is 23.7 Å². The molecule has 0 aliphatic rings. The van der Waals surface area contributed by atoms with Crippen molar-refractivity contribution in [2.45, 2.75) is 39.0 Å². The zero-order valence-corrected chi connectivity index (χ0v) is 16.3. The molecule has 9 heteroatoms. The van der Waals surface area contributed by atoms with Gasteiger partial charge in [0.15, 0.2) is 0 Å². The van der Waals surface area contributed by atoms with Gasteiger partial charge < -0.3 is 15.0 Å². The second-order valence-corrected chi connectivity index (χ2v) is 6.93. The van der Waals surface area contributed by atoms with Crippen LogP contribution in [0.25, 0.3) is 11.0 Å². The first-order valence-electron chi connectivity index (χ1n) is 9.31. The number of fused-ring (bicyclic) bond motifs is 1. The maximum Gasteiger partial charge on any atom is 0.416 e. The first kappa shape index (κ1) is 21.4. The number of carbonyl (C=O) groups is 2. The molecule has 1 amide bonds. The standard InChI is InChI=1S/C21H20F3N3O3/c1-3-12(2)27-17-8-7-14(20(29)30)10-16(17)26-18(27)11-25-19(28)13-5-4-6-15(9-13)21(22,23)24/h4-10,12H,3,11H2,1-2H3,(H,25,28)(H,29,30). The predicted octanol–water partition coefficient (Wildman–Crippen LogP) is 4.65. The summed E-state index contributed by atoms with van der Waals surface area (Å²) < 4.78 is 40.5. The molecule has 3 aromatic rings. The van der Waals surface area contributed by atoms with E-state index < -0.39 is 23.6 Å². The van der Waals surface area contributed by atoms with Gasteiger partial charge in [0.2, 0.25) is 0 Å². The number of carboxylic acid groups (broad SMARTS) is 1. The van der Waals surface area contributed by atoms with Gasteiger partial charge in [-0.3, -0.25) is 4.79 Å². The van der Waals surface area contributed by atoms with Crippen LogP contribution in [0, 0.1) is 0 Å². The number of imidazole rings is 1. The molecule has 0 aliphatic heterocycles. The van der Waals surface area contributed by atoms with E-state index in [2.05, 4.69) is 10.3 Å². The van der Waals surface area contributed by atoms with Crippen molar-refractivity contribution in [1.29, 1.82) is 0 Å². The number of rotatable bonds is 6. The van der Waals surface area contributed by atoms with Crippen LogP contribution in [0.4, 0.5) is 13.2 Å². The van der Waals surface area contributed by atoms with Crippen LogP contribution in [-0.4, -0.2) is 26.5 Å². The average Bonchev–Trinajstić information content (AvgIpc) is 3.08. The highest BCUT2D eigenvalue weighted by molar-refractivity contribution is 5.94. The lowest BCUT2D eigenvalue weighted by molar-refractivity contribution is -0.137. The number of carbonyl (C=O) groups excluding carboxylic acids is 1. The van der Waals surface area contributed by atoms with Crippen molar-refractivity contribution >= 4 is 22.9 Å². The van der Waals surface area contributed by atoms with Gasteiger partial charge in [-0.25, -0.2) is 9.78 Å². The number of amides is 1. The lowest BCUT2D eigenvalue weighted by atomic mass is 10.1. The van der Waals surface area contributed by atoms with Crippen LogP contribution in [0.15, 0.2) is 42.5 Å². The average molecular weight is 419 g/mol. The zero-order valence-electron chi connectivity index (χ0n) is 16.3. The van der Waals surface area contributed by atoms with E-state index in [4.69, 9.17) is 0 Å². The zero-order chi connectivity index (χ0) is 22.1. The molecule has 2 aromatic carbocycles. The van der Waals surface area contributed by atoms with Crippen molar-refractivity contribution in [3.63, 3.8) is 0 Å². The number of aromatic carboxylic acids is 1. The fourth-order valence-corrected chi connectivity index (χ4v) is 3.18. The molecule has 0 radical (unpaired) electrons. The van der Waals surface area contributed by atoms with Crippen LogP contribution in [0.5, 0.6) is 0 Å². The highest BCUT2D eigenvalue weighted by atomic mass is 19.4. The van der Waals surface area contributed by atoms with Crippen LogP contribution in [0.3, 0.4) is 0 Å². The maximum atomic E-state index is 12.9. The van der Waals surface area contributed by atoms with Crippen LogP contribution in [0.2, 0.25) is 0 Å². The monoisotopic (exact) mass is 419 g/mol. The Labute approximate surface area is 170 Å². The van der Waals surface area contributed by atoms with E-state index in [0.29, 0.717) is 11.3 Å². The number of nitrogens with one attached hydrogen (secondary N) is 1. The SMILES string of the molecule is CCC(C)n1c(CNC(=O)c2cccc(C(F)(F)F)c2)nc2cc(C(=O)O)ccc21. The van der Waals surface area contributed by atoms with Crippen molar-refractivity contribution in [3.05, 3.63) is 65.0 Å². The normalized spacial score (nSPS) is 12.7. The van der Waals surface area contributed by atoms with E-state index in [1.165, 1.54) is 24.3 Å². The predicted molar refractivity (Wildman–Crippen MR) is 104 cm³/mol. The van der Waals surface area contributed by atoms with Gasteiger partial charge in [-0.15, -0.1) is 0 Å². The highest BCUT2D eigenvalue weighted by Gasteiger charge is 2.31. The molecule has 0 bridgehead atoms. The van der Waals surface area contributed by atoms with E-state index in [1.54, 1.807) is 6.07 Å². The Bertz CT molecular complexity index is 1110. The van der Waals surface area contributed by atoms with Crippen molar-refractivity contribution in [3.8, 4) is 0 Å². The Hall–Kier alpha value is -3.36. The molecule has 0 fully saturated rings. The quantitative estimate of drug-likeness (QED) is 0.609. The number of aromatic nitrogens is 2. The summed E-state index contributed by atoms with van der Waals surface area (Å²) in [4.78, 5) is 28.1. The summed E-state index contributed by atoms with van der Waals surface area (Å²) in [5.74, 6) is -1.24. The molecule has 1 heterocycles. The number of halogens is 3. The third kappa shape index (κ3) is 4.29. The van der Waals surface area contributed by atoms with Gasteiger partial charge in [0.1, 0.15) is 5.82 Å². The third-order valence-electron chi connectivity index (χ3n) is 4.90. The van der Waals surface area contributed by atoms with E-state index in [9.17, 15) is 27.9 Å². The lowest BCUT2D eigenvalue weighted by Gasteiger charge is -2.16. The fourth-order valence-electron chi connectivity index (χ4n) is 3.18. The van der Waals surface area contributed by atoms with E-state index in [1.807, 2.05) is 18.4 Å². The Kier molecular flexibility index (Phi) is 5.82. The molecule has 0 saturated carbocycles. The summed E-state index contributed by atoms with van der Waals surface area (Å²) in [7, 11) is 0. The Balaban J connectivity index is 1.89. The minimum atomic E-state index is -4.54. The molecule has 2 N–H and O–H groups in total. The van der Waals surface area contributed by atoms with Crippen LogP contribution >= 0.6 is 0 Å². The van der Waals surface area contributed by atoms with E-state index in [0.717, 1.165) is 24.1 Å². The van der Waals surface area contributed by atoms with E-state index >= 15 is 0 Å². The molecule has 1 aromatic heterocycles. The Morgan fingerprint density at radius 3 is 2.53 bits per heavy atom. The minimum absolute atomic E-state index is 0.0174. The molecule has 1 atom stereocenters. The Morgan fingerprint density at radius 2 is 1.90 bits per heavy atom. The summed E-state index contributed by atoms with van der Waals surface area (Å²) in [6, 6.07) is 8.80. The second kappa shape index (κ2) is 8.17. The first-order valence-corrected chi connectivity index (χ1v) is 9.31. The van der Waals surface area contributed by atoms with Crippen molar-refractivity contribution in [2.75, 3.05) is 0 Å². The number of hydrogen-bond donors (Lipinski definition) is 2. The number of benzene rings is 2. The molecule has 158 valence electrons. The van der Waals surface area contributed by atoms with Crippen LogP contribution in [-0.2, 0) is 12.7 Å². The molecular formula is C21H20F3N3O3. The van der Waals surface area contributed by atoms with Crippen LogP contribution < -0.4 is 5.32 Å². The van der Waals surface area contributed by atoms with Gasteiger partial charge in [0, 0.05) is 11.6 Å². The van der Waals surface area contributed by atoms with Crippen LogP contribution in [0.1, 0.15) is 58.4 Å². The molecular weight excluding hydrogens is 399 g/mol. The molecule has 0 aliphatic carbocycles. The van der Waals surface area contributed by atoms with Crippen molar-refractivity contribution < 1.29 is 27.9 Å². The van der Waals surface area contributed by atoms with Gasteiger partial charge >= 0.3 is 12.1 Å². The largest absolute Gasteiger partial charge is 0.478 e. The minimum Gasteiger partial charge on any atom is -0.478 e. The lowest BCUT2D eigenvalue weighted by Crippen LogP contribution is -2.25. The summed E-state index contributed by atoms with van der Waals surface area (Å²) in [6.07, 6.45) is -3.77. The topological polar surface area (TPSA) is 84.2 Å². The van der Waals surface area contributed by atoms with Gasteiger partial charge in [-0.05, 0) is 49.7 Å². The summed E-state index contributed by atoms with van der Waals surface area (Å²) in [5.41, 5.74) is 0.277. The second-order valence-electron chi connectivity index (χ2n) is 6.93. The summed E-state index contributed by atoms with van der Waals surface area (Å²) in [5, 5.41) is 11.8. The molecule has 1 unspecified atom stereocenters. The molecule has 30 heavy (non-hydrogen) atoms. The van der Waals surface area contributed by atoms with Crippen molar-refractivity contribution in [1.82, 2.24) is 14.9 Å². The number of hydrogen-bond acceptors (Lipinski definition) is 3. The van der Waals surface area contributed by atoms with Gasteiger partial charge in [0.25, 0.3) is 5.91 Å². The molecule has 0 saturated heterocycles. The number of carboxylic acids is 1. The number of nitrogens with zero attached hydrogens (tertiary/aromatic N) is 2. The number of alkyl halides is 3. The summed E-state index contributed by atoms with van der Waals surface area (Å²) in [6.45, 7) is 3.92. The fraction of sp³-hybridized carbons (Fsp3) is 0.286. The van der Waals surface area contributed by atoms with Crippen molar-refractivity contribution in [2.24, 2.45) is 0 Å². The van der Waals surface area contributed by atoms with Gasteiger partial charge in [-0.2, -0.15) is 13.2 Å². The molecule has 0 spiro atoms. The Morgan fingerprint density at radius 1 is 1.17 bits per heavy atom. The van der Waals surface area contributed by atoms with Gasteiger partial charge in [0.05, 0.1) is 28.7 Å². The molecule has 3 rings (SSSR count).